The number of unbranched alkanes of at least 4 members (excludes halogenated alkanes) is 5. The van der Waals surface area contributed by atoms with Crippen molar-refractivity contribution in [1.82, 2.24) is 0 Å². The van der Waals surface area contributed by atoms with Crippen LogP contribution in [0.25, 0.3) is 0 Å². The Morgan fingerprint density at radius 2 is 1.36 bits per heavy atom. The minimum atomic E-state index is -0.483. The molecule has 0 atom stereocenters. The lowest BCUT2D eigenvalue weighted by atomic mass is 10.1. The fourth-order valence-electron chi connectivity index (χ4n) is 2.01. The van der Waals surface area contributed by atoms with Crippen molar-refractivity contribution < 1.29 is 19.1 Å². The molecule has 0 aromatic rings. The average molecular weight is 312 g/mol. The van der Waals surface area contributed by atoms with Crippen molar-refractivity contribution in [1.29, 1.82) is 0 Å². The summed E-state index contributed by atoms with van der Waals surface area (Å²) in [7, 11) is 0. The Bertz CT molecular complexity index is 319. The van der Waals surface area contributed by atoms with Crippen LogP contribution in [-0.2, 0) is 19.1 Å². The van der Waals surface area contributed by atoms with E-state index in [0.717, 1.165) is 37.8 Å². The van der Waals surface area contributed by atoms with E-state index in [2.05, 4.69) is 20.8 Å². The van der Waals surface area contributed by atoms with Gasteiger partial charge in [-0.25, -0.2) is 9.59 Å². The summed E-state index contributed by atoms with van der Waals surface area (Å²) in [4.78, 5) is 22.9. The molecule has 0 N–H and O–H groups in total. The molecule has 0 heterocycles. The molecule has 0 spiro atoms. The number of hydrogen-bond donors (Lipinski definition) is 0. The Morgan fingerprint density at radius 3 is 1.95 bits per heavy atom. The van der Waals surface area contributed by atoms with Gasteiger partial charge in [0.1, 0.15) is 0 Å². The maximum Gasteiger partial charge on any atom is 0.331 e. The predicted octanol–water partition coefficient (Wildman–Crippen LogP) is 4.43. The predicted molar refractivity (Wildman–Crippen MR) is 88.5 cm³/mol. The molecule has 0 bridgehead atoms. The largest absolute Gasteiger partial charge is 0.463 e. The second-order valence-electron chi connectivity index (χ2n) is 5.58. The highest BCUT2D eigenvalue weighted by Crippen LogP contribution is 2.07. The molecule has 0 aliphatic heterocycles. The summed E-state index contributed by atoms with van der Waals surface area (Å²) >= 11 is 0. The van der Waals surface area contributed by atoms with Crippen molar-refractivity contribution in [2.24, 2.45) is 5.92 Å². The van der Waals surface area contributed by atoms with Crippen molar-refractivity contribution in [3.8, 4) is 0 Å². The van der Waals surface area contributed by atoms with Gasteiger partial charge in [-0.15, -0.1) is 0 Å². The number of rotatable bonds is 13. The van der Waals surface area contributed by atoms with Crippen LogP contribution in [-0.4, -0.2) is 25.2 Å². The van der Waals surface area contributed by atoms with Crippen LogP contribution in [0.5, 0.6) is 0 Å². The number of hydrogen-bond acceptors (Lipinski definition) is 4. The maximum atomic E-state index is 11.4. The zero-order chi connectivity index (χ0) is 16.6. The number of esters is 2. The summed E-state index contributed by atoms with van der Waals surface area (Å²) in [6, 6.07) is 0. The smallest absolute Gasteiger partial charge is 0.331 e. The van der Waals surface area contributed by atoms with E-state index in [1.807, 2.05) is 0 Å². The zero-order valence-corrected chi connectivity index (χ0v) is 14.4. The molecule has 0 aromatic heterocycles. The van der Waals surface area contributed by atoms with Crippen LogP contribution >= 0.6 is 0 Å². The van der Waals surface area contributed by atoms with Crippen LogP contribution in [0, 0.1) is 5.92 Å². The molecular formula is C18H32O4. The summed E-state index contributed by atoms with van der Waals surface area (Å²) in [5.41, 5.74) is 0. The molecule has 0 aromatic carbocycles. The van der Waals surface area contributed by atoms with E-state index in [0.29, 0.717) is 19.1 Å². The highest BCUT2D eigenvalue weighted by Gasteiger charge is 2.06. The average Bonchev–Trinajstić information content (AvgIpc) is 2.53. The molecule has 0 saturated carbocycles. The highest BCUT2D eigenvalue weighted by atomic mass is 16.5. The summed E-state index contributed by atoms with van der Waals surface area (Å²) in [6.07, 6.45) is 11.1. The minimum absolute atomic E-state index is 0.386. The quantitative estimate of drug-likeness (QED) is 0.287. The van der Waals surface area contributed by atoms with Gasteiger partial charge in [0.2, 0.25) is 0 Å². The van der Waals surface area contributed by atoms with Gasteiger partial charge in [-0.05, 0) is 12.3 Å². The lowest BCUT2D eigenvalue weighted by Gasteiger charge is -2.11. The molecule has 4 heteroatoms. The van der Waals surface area contributed by atoms with Crippen LogP contribution in [0.2, 0.25) is 0 Å². The van der Waals surface area contributed by atoms with E-state index in [1.54, 1.807) is 0 Å². The summed E-state index contributed by atoms with van der Waals surface area (Å²) in [5.74, 6) is -0.575. The monoisotopic (exact) mass is 312 g/mol. The molecule has 0 aliphatic carbocycles. The highest BCUT2D eigenvalue weighted by molar-refractivity contribution is 5.91. The summed E-state index contributed by atoms with van der Waals surface area (Å²) in [5, 5.41) is 0. The topological polar surface area (TPSA) is 52.6 Å². The second-order valence-corrected chi connectivity index (χ2v) is 5.58. The van der Waals surface area contributed by atoms with Gasteiger partial charge < -0.3 is 9.47 Å². The molecule has 0 aliphatic rings. The van der Waals surface area contributed by atoms with Crippen molar-refractivity contribution in [2.45, 2.75) is 72.1 Å². The molecule has 0 unspecified atom stereocenters. The number of ether oxygens (including phenoxy) is 2. The fourth-order valence-corrected chi connectivity index (χ4v) is 2.01. The number of carbonyl (C=O) groups excluding carboxylic acids is 2. The van der Waals surface area contributed by atoms with Crippen molar-refractivity contribution >= 4 is 11.9 Å². The Morgan fingerprint density at radius 1 is 0.818 bits per heavy atom. The normalized spacial score (nSPS) is 11.1. The Labute approximate surface area is 135 Å². The van der Waals surface area contributed by atoms with Gasteiger partial charge in [0.05, 0.1) is 13.2 Å². The van der Waals surface area contributed by atoms with Gasteiger partial charge in [-0.3, -0.25) is 0 Å². The van der Waals surface area contributed by atoms with Crippen LogP contribution in [0.4, 0.5) is 0 Å². The summed E-state index contributed by atoms with van der Waals surface area (Å²) < 4.78 is 10.1. The molecule has 128 valence electrons. The molecule has 22 heavy (non-hydrogen) atoms. The minimum Gasteiger partial charge on any atom is -0.463 e. The van der Waals surface area contributed by atoms with E-state index in [9.17, 15) is 9.59 Å². The Hall–Kier alpha value is -1.32. The van der Waals surface area contributed by atoms with Crippen molar-refractivity contribution in [3.63, 3.8) is 0 Å². The van der Waals surface area contributed by atoms with Gasteiger partial charge in [0.15, 0.2) is 0 Å². The zero-order valence-electron chi connectivity index (χ0n) is 14.4. The first kappa shape index (κ1) is 20.7. The Balaban J connectivity index is 3.66. The first-order chi connectivity index (χ1) is 10.6. The molecule has 0 rings (SSSR count). The molecular weight excluding hydrogens is 280 g/mol. The Kier molecular flexibility index (Phi) is 13.7. The van der Waals surface area contributed by atoms with E-state index < -0.39 is 11.9 Å². The van der Waals surface area contributed by atoms with E-state index in [-0.39, 0.29) is 0 Å². The van der Waals surface area contributed by atoms with Gasteiger partial charge in [-0.2, -0.15) is 0 Å². The van der Waals surface area contributed by atoms with E-state index in [1.165, 1.54) is 25.7 Å². The van der Waals surface area contributed by atoms with Crippen LogP contribution in [0.1, 0.15) is 72.1 Å². The third kappa shape index (κ3) is 12.4. The molecule has 4 nitrogen and oxygen atoms in total. The third-order valence-electron chi connectivity index (χ3n) is 3.71. The lowest BCUT2D eigenvalue weighted by Crippen LogP contribution is -2.12. The molecule has 0 saturated heterocycles. The van der Waals surface area contributed by atoms with Crippen LogP contribution < -0.4 is 0 Å². The molecule has 0 fully saturated rings. The van der Waals surface area contributed by atoms with E-state index >= 15 is 0 Å². The fraction of sp³-hybridized carbons (Fsp3) is 0.778. The lowest BCUT2D eigenvalue weighted by molar-refractivity contribution is -0.141. The molecule has 0 radical (unpaired) electrons. The van der Waals surface area contributed by atoms with E-state index in [4.69, 9.17) is 9.47 Å². The maximum absolute atomic E-state index is 11.4. The third-order valence-corrected chi connectivity index (χ3v) is 3.71. The SMILES string of the molecule is CCCCCCCCOC(=O)/C=C/C(=O)OCC(CC)CC. The van der Waals surface area contributed by atoms with Gasteiger partial charge in [0.25, 0.3) is 0 Å². The van der Waals surface area contributed by atoms with Gasteiger partial charge in [-0.1, -0.05) is 65.7 Å². The van der Waals surface area contributed by atoms with Gasteiger partial charge >= 0.3 is 11.9 Å². The summed E-state index contributed by atoms with van der Waals surface area (Å²) in [6.45, 7) is 7.14. The standard InChI is InChI=1S/C18H32O4/c1-4-7-8-9-10-11-14-21-17(19)12-13-18(20)22-15-16(5-2)6-3/h12-13,16H,4-11,14-15H2,1-3H3/b13-12+. The number of carbonyl (C=O) groups is 2. The van der Waals surface area contributed by atoms with Crippen LogP contribution in [0.3, 0.4) is 0 Å². The first-order valence-corrected chi connectivity index (χ1v) is 8.65. The second kappa shape index (κ2) is 14.6. The van der Waals surface area contributed by atoms with Gasteiger partial charge in [0, 0.05) is 12.2 Å². The van der Waals surface area contributed by atoms with Crippen molar-refractivity contribution in [2.75, 3.05) is 13.2 Å². The molecule has 0 amide bonds. The first-order valence-electron chi connectivity index (χ1n) is 8.65. The van der Waals surface area contributed by atoms with Crippen molar-refractivity contribution in [3.05, 3.63) is 12.2 Å². The van der Waals surface area contributed by atoms with Crippen LogP contribution in [0.15, 0.2) is 12.2 Å².